The largest absolute Gasteiger partial charge is 0.368 e. The van der Waals surface area contributed by atoms with Crippen LogP contribution in [-0.4, -0.2) is 43.2 Å². The molecule has 0 aromatic heterocycles. The van der Waals surface area contributed by atoms with E-state index in [0.717, 1.165) is 6.42 Å². The molecule has 0 bridgehead atoms. The zero-order chi connectivity index (χ0) is 13.9. The van der Waals surface area contributed by atoms with Crippen molar-refractivity contribution in [2.75, 3.05) is 12.3 Å². The Morgan fingerprint density at radius 2 is 2.11 bits per heavy atom. The number of hydrogen-bond donors (Lipinski definition) is 3. The number of benzene rings is 1. The van der Waals surface area contributed by atoms with Crippen LogP contribution in [0.1, 0.15) is 5.56 Å². The van der Waals surface area contributed by atoms with Crippen molar-refractivity contribution in [3.63, 3.8) is 0 Å². The van der Waals surface area contributed by atoms with E-state index in [4.69, 9.17) is 10.3 Å². The lowest BCUT2D eigenvalue weighted by Gasteiger charge is -2.15. The number of aliphatic imine (C=N–C) groups is 1. The normalized spacial score (nSPS) is 20.7. The zero-order valence-corrected chi connectivity index (χ0v) is 11.2. The number of nitrogens with two attached hydrogens (primary N) is 1. The first kappa shape index (κ1) is 14.0. The quantitative estimate of drug-likeness (QED) is 0.650. The Balaban J connectivity index is 1.89. The molecular formula is C12H17N3O3S. The van der Waals surface area contributed by atoms with Crippen LogP contribution in [0.2, 0.25) is 0 Å². The third-order valence-corrected chi connectivity index (χ3v) is 3.68. The predicted molar refractivity (Wildman–Crippen MR) is 73.8 cm³/mol. The summed E-state index contributed by atoms with van der Waals surface area (Å²) in [4.78, 5) is 4.20. The van der Waals surface area contributed by atoms with E-state index in [-0.39, 0.29) is 6.04 Å². The van der Waals surface area contributed by atoms with Gasteiger partial charge < -0.3 is 11.1 Å². The van der Waals surface area contributed by atoms with Crippen molar-refractivity contribution < 1.29 is 13.0 Å². The molecule has 0 amide bonds. The topological polar surface area (TPSA) is 105 Å². The average molecular weight is 283 g/mol. The van der Waals surface area contributed by atoms with Gasteiger partial charge in [-0.3, -0.25) is 9.55 Å². The van der Waals surface area contributed by atoms with Gasteiger partial charge in [0.05, 0.1) is 24.4 Å². The number of nitrogens with zero attached hydrogens (tertiary/aromatic N) is 1. The first-order valence-electron chi connectivity index (χ1n) is 5.99. The van der Waals surface area contributed by atoms with Gasteiger partial charge in [-0.25, -0.2) is 0 Å². The van der Waals surface area contributed by atoms with Crippen LogP contribution in [0.5, 0.6) is 0 Å². The van der Waals surface area contributed by atoms with Gasteiger partial charge in [0.2, 0.25) is 0 Å². The number of nitrogens with one attached hydrogen (secondary N) is 1. The van der Waals surface area contributed by atoms with E-state index in [9.17, 15) is 8.42 Å². The molecule has 7 heteroatoms. The standard InChI is InChI=1S/C12H17N3O3S/c13-11(8-19(16,17)18)12-14-7-10(15-12)6-9-4-2-1-3-5-9/h1-5,10-11H,6-8,13H2,(H,14,15)(H,16,17,18)/t10-,11?/m0/s1. The molecule has 1 aromatic carbocycles. The van der Waals surface area contributed by atoms with E-state index in [1.165, 1.54) is 5.56 Å². The Kier molecular flexibility index (Phi) is 4.18. The molecule has 6 nitrogen and oxygen atoms in total. The van der Waals surface area contributed by atoms with Gasteiger partial charge in [-0.05, 0) is 12.0 Å². The Morgan fingerprint density at radius 1 is 1.42 bits per heavy atom. The van der Waals surface area contributed by atoms with Crippen LogP contribution < -0.4 is 11.1 Å². The molecular weight excluding hydrogens is 266 g/mol. The molecule has 0 aliphatic carbocycles. The Hall–Kier alpha value is -1.44. The summed E-state index contributed by atoms with van der Waals surface area (Å²) < 4.78 is 30.3. The second kappa shape index (κ2) is 5.68. The third-order valence-electron chi connectivity index (χ3n) is 2.90. The first-order valence-corrected chi connectivity index (χ1v) is 7.60. The molecule has 0 fully saturated rings. The van der Waals surface area contributed by atoms with E-state index in [0.29, 0.717) is 12.4 Å². The van der Waals surface area contributed by atoms with E-state index in [2.05, 4.69) is 10.3 Å². The Labute approximate surface area is 112 Å². The lowest BCUT2D eigenvalue weighted by Crippen LogP contribution is -2.45. The molecule has 1 aromatic rings. The highest BCUT2D eigenvalue weighted by atomic mass is 32.2. The minimum absolute atomic E-state index is 0.116. The van der Waals surface area contributed by atoms with Crippen molar-refractivity contribution in [2.45, 2.75) is 18.5 Å². The molecule has 0 radical (unpaired) electrons. The molecule has 2 rings (SSSR count). The maximum absolute atomic E-state index is 10.8. The molecule has 1 unspecified atom stereocenters. The summed E-state index contributed by atoms with van der Waals surface area (Å²) >= 11 is 0. The minimum atomic E-state index is -4.08. The molecule has 0 saturated carbocycles. The number of amidine groups is 1. The molecule has 1 aliphatic heterocycles. The molecule has 0 spiro atoms. The smallest absolute Gasteiger partial charge is 0.266 e. The van der Waals surface area contributed by atoms with Crippen LogP contribution in [0.25, 0.3) is 0 Å². The maximum atomic E-state index is 10.8. The summed E-state index contributed by atoms with van der Waals surface area (Å²) in [6.07, 6.45) is 0.798. The highest BCUT2D eigenvalue weighted by Crippen LogP contribution is 2.08. The fourth-order valence-corrected chi connectivity index (χ4v) is 2.66. The molecule has 0 saturated heterocycles. The van der Waals surface area contributed by atoms with Crippen LogP contribution in [-0.2, 0) is 16.5 Å². The number of hydrogen-bond acceptors (Lipinski definition) is 5. The molecule has 4 N–H and O–H groups in total. The van der Waals surface area contributed by atoms with E-state index in [1.54, 1.807) is 0 Å². The van der Waals surface area contributed by atoms with Crippen molar-refractivity contribution in [2.24, 2.45) is 10.7 Å². The van der Waals surface area contributed by atoms with Gasteiger partial charge >= 0.3 is 0 Å². The van der Waals surface area contributed by atoms with Crippen LogP contribution in [0.15, 0.2) is 35.3 Å². The van der Waals surface area contributed by atoms with Crippen LogP contribution >= 0.6 is 0 Å². The maximum Gasteiger partial charge on any atom is 0.266 e. The summed E-state index contributed by atoms with van der Waals surface area (Å²) in [5.74, 6) is -0.0739. The van der Waals surface area contributed by atoms with Gasteiger partial charge in [0.1, 0.15) is 5.84 Å². The molecule has 1 aliphatic rings. The van der Waals surface area contributed by atoms with E-state index in [1.807, 2.05) is 30.3 Å². The summed E-state index contributed by atoms with van der Waals surface area (Å²) in [7, 11) is -4.08. The minimum Gasteiger partial charge on any atom is -0.368 e. The Bertz CT molecular complexity index is 557. The van der Waals surface area contributed by atoms with Gasteiger partial charge in [-0.1, -0.05) is 30.3 Å². The van der Waals surface area contributed by atoms with Gasteiger partial charge in [0, 0.05) is 0 Å². The predicted octanol–water partition coefficient (Wildman–Crippen LogP) is -0.185. The van der Waals surface area contributed by atoms with Crippen LogP contribution in [0.3, 0.4) is 0 Å². The summed E-state index contributed by atoms with van der Waals surface area (Å²) in [6, 6.07) is 9.25. The third kappa shape index (κ3) is 4.30. The first-order chi connectivity index (χ1) is 8.94. The lowest BCUT2D eigenvalue weighted by atomic mass is 10.1. The summed E-state index contributed by atoms with van der Waals surface area (Å²) in [5.41, 5.74) is 6.87. The second-order valence-electron chi connectivity index (χ2n) is 4.61. The van der Waals surface area contributed by atoms with Crippen molar-refractivity contribution in [3.8, 4) is 0 Å². The fraction of sp³-hybridized carbons (Fsp3) is 0.417. The second-order valence-corrected chi connectivity index (χ2v) is 6.11. The van der Waals surface area contributed by atoms with Gasteiger partial charge in [-0.2, -0.15) is 8.42 Å². The van der Waals surface area contributed by atoms with Crippen LogP contribution in [0.4, 0.5) is 0 Å². The van der Waals surface area contributed by atoms with Gasteiger partial charge in [0.25, 0.3) is 10.1 Å². The van der Waals surface area contributed by atoms with Crippen LogP contribution in [0, 0.1) is 0 Å². The zero-order valence-electron chi connectivity index (χ0n) is 10.4. The SMILES string of the molecule is NC(CS(=O)(=O)O)C1=NC[C@H](Cc2ccccc2)N1. The van der Waals surface area contributed by atoms with Crippen molar-refractivity contribution in [1.82, 2.24) is 5.32 Å². The molecule has 104 valence electrons. The molecule has 2 atom stereocenters. The van der Waals surface area contributed by atoms with E-state index < -0.39 is 21.9 Å². The highest BCUT2D eigenvalue weighted by molar-refractivity contribution is 7.85. The lowest BCUT2D eigenvalue weighted by molar-refractivity contribution is 0.481. The monoisotopic (exact) mass is 283 g/mol. The van der Waals surface area contributed by atoms with Crippen molar-refractivity contribution >= 4 is 16.0 Å². The van der Waals surface area contributed by atoms with E-state index >= 15 is 0 Å². The molecule has 19 heavy (non-hydrogen) atoms. The van der Waals surface area contributed by atoms with Crippen molar-refractivity contribution in [1.29, 1.82) is 0 Å². The van der Waals surface area contributed by atoms with Gasteiger partial charge in [-0.15, -0.1) is 0 Å². The van der Waals surface area contributed by atoms with Gasteiger partial charge in [0.15, 0.2) is 0 Å². The summed E-state index contributed by atoms with van der Waals surface area (Å²) in [6.45, 7) is 0.559. The Morgan fingerprint density at radius 3 is 2.74 bits per heavy atom. The average Bonchev–Trinajstić information content (AvgIpc) is 2.77. The fourth-order valence-electron chi connectivity index (χ4n) is 2.05. The summed E-state index contributed by atoms with van der Waals surface area (Å²) in [5, 5.41) is 3.11. The number of rotatable bonds is 5. The van der Waals surface area contributed by atoms with Crippen molar-refractivity contribution in [3.05, 3.63) is 35.9 Å². The highest BCUT2D eigenvalue weighted by Gasteiger charge is 2.25. The molecule has 1 heterocycles.